The Morgan fingerprint density at radius 2 is 2.20 bits per heavy atom. The lowest BCUT2D eigenvalue weighted by Crippen LogP contribution is -2.51. The minimum absolute atomic E-state index is 0.0982. The summed E-state index contributed by atoms with van der Waals surface area (Å²) in [5.41, 5.74) is -0.127. The smallest absolute Gasteiger partial charge is 0.280 e. The Bertz CT molecular complexity index is 1570. The molecule has 11 nitrogen and oxygen atoms in total. The minimum Gasteiger partial charge on any atom is -0.379 e. The lowest BCUT2D eigenvalue weighted by atomic mass is 9.89. The molecular weight excluding hydrogens is 455 g/mol. The zero-order valence-electron chi connectivity index (χ0n) is 21.5. The molecule has 1 saturated carbocycles. The summed E-state index contributed by atoms with van der Waals surface area (Å²) in [6.45, 7) is 0. The van der Waals surface area contributed by atoms with Crippen LogP contribution in [0.1, 0.15) is 27.3 Å². The van der Waals surface area contributed by atoms with E-state index in [-0.39, 0.29) is 28.5 Å². The van der Waals surface area contributed by atoms with Crippen LogP contribution < -0.4 is 21.5 Å². The number of anilines is 3. The predicted octanol–water partition coefficient (Wildman–Crippen LogP) is 2.11. The number of aromatic nitrogens is 5. The van der Waals surface area contributed by atoms with Gasteiger partial charge in [-0.25, -0.2) is 14.4 Å². The summed E-state index contributed by atoms with van der Waals surface area (Å²) in [5.74, 6) is -0.609. The zero-order valence-corrected chi connectivity index (χ0v) is 18.5. The van der Waals surface area contributed by atoms with E-state index < -0.39 is 36.5 Å². The fourth-order valence-electron chi connectivity index (χ4n) is 3.84. The number of pyridine rings is 2. The van der Waals surface area contributed by atoms with Gasteiger partial charge in [0, 0.05) is 32.5 Å². The van der Waals surface area contributed by atoms with E-state index >= 15 is 0 Å². The molecule has 1 fully saturated rings. The van der Waals surface area contributed by atoms with E-state index in [0.29, 0.717) is 18.7 Å². The van der Waals surface area contributed by atoms with Crippen molar-refractivity contribution in [3.05, 3.63) is 70.7 Å². The van der Waals surface area contributed by atoms with E-state index in [1.165, 1.54) is 41.3 Å². The highest BCUT2D eigenvalue weighted by Crippen LogP contribution is 2.25. The quantitative estimate of drug-likeness (QED) is 0.366. The number of hydrogen-bond acceptors (Lipinski definition) is 8. The number of carbonyl (C=O) groups excluding carboxylic acids is 1. The first-order chi connectivity index (χ1) is 18.1. The average molecular weight is 482 g/mol. The number of methoxy groups -OCH3 is 1. The third kappa shape index (κ3) is 4.08. The third-order valence-electron chi connectivity index (χ3n) is 5.83. The molecule has 0 bridgehead atoms. The van der Waals surface area contributed by atoms with Gasteiger partial charge in [-0.15, -0.1) is 0 Å². The standard InChI is InChI=1S/C23H23FN8O3/c1-25-19-11-18(28-16-6-4-10-31(23(16)34)21-14(24)5-3-9-26-21)30-20-13(12-27-32(19)20)22(33)29-15-7-8-17(15)35-2/h3-6,9-12,15,17,25H,7-8H2,1-2H3,(H,28,30)(H,29,33)/t15-,17-/m0/s1/i2D3. The Kier molecular flexibility index (Phi) is 4.97. The Labute approximate surface area is 203 Å². The summed E-state index contributed by atoms with van der Waals surface area (Å²) >= 11 is 0. The van der Waals surface area contributed by atoms with Crippen molar-refractivity contribution in [2.24, 2.45) is 0 Å². The van der Waals surface area contributed by atoms with E-state index in [2.05, 4.69) is 31.0 Å². The SMILES string of the molecule is [2H]C([2H])([2H])O[C@H]1CC[C@@H]1NC(=O)c1cnn2c(NC)cc(Nc3cccn(-c4ncccc4F)c3=O)nc12. The van der Waals surface area contributed by atoms with Gasteiger partial charge in [-0.3, -0.25) is 14.2 Å². The molecule has 12 heteroatoms. The lowest BCUT2D eigenvalue weighted by molar-refractivity contribution is 0.00732. The van der Waals surface area contributed by atoms with Crippen LogP contribution in [0.25, 0.3) is 11.5 Å². The molecule has 3 N–H and O–H groups in total. The molecule has 4 aromatic heterocycles. The second-order valence-corrected chi connectivity index (χ2v) is 7.91. The van der Waals surface area contributed by atoms with Gasteiger partial charge in [0.1, 0.15) is 22.9 Å². The number of ether oxygens (including phenoxy) is 1. The molecule has 0 saturated heterocycles. The van der Waals surface area contributed by atoms with Crippen LogP contribution in [-0.2, 0) is 4.74 Å². The van der Waals surface area contributed by atoms with Crippen LogP contribution in [0.3, 0.4) is 0 Å². The van der Waals surface area contributed by atoms with Gasteiger partial charge in [0.2, 0.25) is 0 Å². The van der Waals surface area contributed by atoms with Crippen LogP contribution >= 0.6 is 0 Å². The van der Waals surface area contributed by atoms with Crippen molar-refractivity contribution in [1.82, 2.24) is 29.5 Å². The summed E-state index contributed by atoms with van der Waals surface area (Å²) in [6, 6.07) is 6.83. The fraction of sp³-hybridized carbons (Fsp3) is 0.261. The summed E-state index contributed by atoms with van der Waals surface area (Å²) in [7, 11) is -0.898. The molecule has 4 heterocycles. The molecule has 0 unspecified atom stereocenters. The summed E-state index contributed by atoms with van der Waals surface area (Å²) in [4.78, 5) is 34.6. The maximum absolute atomic E-state index is 14.3. The lowest BCUT2D eigenvalue weighted by Gasteiger charge is -2.35. The van der Waals surface area contributed by atoms with Gasteiger partial charge < -0.3 is 20.7 Å². The van der Waals surface area contributed by atoms with Gasteiger partial charge in [0.25, 0.3) is 11.5 Å². The molecule has 2 atom stereocenters. The highest BCUT2D eigenvalue weighted by atomic mass is 19.1. The van der Waals surface area contributed by atoms with Crippen molar-refractivity contribution in [3.63, 3.8) is 0 Å². The van der Waals surface area contributed by atoms with Crippen molar-refractivity contribution in [3.8, 4) is 5.82 Å². The monoisotopic (exact) mass is 481 g/mol. The van der Waals surface area contributed by atoms with E-state index in [9.17, 15) is 14.0 Å². The molecular formula is C23H23FN8O3. The first-order valence-corrected chi connectivity index (χ1v) is 10.8. The largest absolute Gasteiger partial charge is 0.379 e. The van der Waals surface area contributed by atoms with Crippen molar-refractivity contribution >= 4 is 28.9 Å². The van der Waals surface area contributed by atoms with Crippen molar-refractivity contribution in [2.45, 2.75) is 25.0 Å². The van der Waals surface area contributed by atoms with E-state index in [1.54, 1.807) is 19.2 Å². The normalized spacial score (nSPS) is 18.7. The topological polar surface area (TPSA) is 127 Å². The Morgan fingerprint density at radius 3 is 2.94 bits per heavy atom. The van der Waals surface area contributed by atoms with Crippen molar-refractivity contribution < 1.29 is 18.0 Å². The molecule has 5 rings (SSSR count). The van der Waals surface area contributed by atoms with Gasteiger partial charge in [0.05, 0.1) is 22.5 Å². The molecule has 1 aliphatic rings. The van der Waals surface area contributed by atoms with Crippen LogP contribution in [-0.4, -0.2) is 56.3 Å². The number of amides is 1. The van der Waals surface area contributed by atoms with Crippen LogP contribution in [0.15, 0.2) is 53.7 Å². The summed E-state index contributed by atoms with van der Waals surface area (Å²) in [5, 5.41) is 12.9. The minimum atomic E-state index is -2.55. The first-order valence-electron chi connectivity index (χ1n) is 12.3. The summed E-state index contributed by atoms with van der Waals surface area (Å²) in [6.07, 6.45) is 4.61. The highest BCUT2D eigenvalue weighted by Gasteiger charge is 2.33. The molecule has 0 aromatic carbocycles. The Hall–Kier alpha value is -4.32. The number of nitrogens with one attached hydrogen (secondary N) is 3. The second-order valence-electron chi connectivity index (χ2n) is 7.91. The highest BCUT2D eigenvalue weighted by molar-refractivity contribution is 6.00. The second kappa shape index (κ2) is 9.14. The number of halogens is 1. The maximum Gasteiger partial charge on any atom is 0.280 e. The number of carbonyl (C=O) groups is 1. The van der Waals surface area contributed by atoms with Crippen LogP contribution in [0, 0.1) is 5.82 Å². The molecule has 35 heavy (non-hydrogen) atoms. The van der Waals surface area contributed by atoms with E-state index in [0.717, 1.165) is 4.57 Å². The molecule has 0 spiro atoms. The number of hydrogen-bond donors (Lipinski definition) is 3. The Morgan fingerprint density at radius 1 is 1.31 bits per heavy atom. The van der Waals surface area contributed by atoms with Crippen LogP contribution in [0.5, 0.6) is 0 Å². The van der Waals surface area contributed by atoms with E-state index in [1.807, 2.05) is 0 Å². The van der Waals surface area contributed by atoms with Gasteiger partial charge >= 0.3 is 0 Å². The van der Waals surface area contributed by atoms with Crippen LogP contribution in [0.2, 0.25) is 0 Å². The van der Waals surface area contributed by atoms with Crippen molar-refractivity contribution in [1.29, 1.82) is 0 Å². The number of rotatable bonds is 7. The molecule has 180 valence electrons. The van der Waals surface area contributed by atoms with Gasteiger partial charge in [0.15, 0.2) is 17.3 Å². The number of nitrogens with zero attached hydrogens (tertiary/aromatic N) is 5. The maximum atomic E-state index is 14.3. The molecule has 4 aromatic rings. The molecule has 0 aliphatic heterocycles. The molecule has 1 aliphatic carbocycles. The van der Waals surface area contributed by atoms with E-state index in [4.69, 9.17) is 8.85 Å². The first kappa shape index (κ1) is 19.0. The summed E-state index contributed by atoms with van der Waals surface area (Å²) < 4.78 is 43.6. The average Bonchev–Trinajstić information content (AvgIpc) is 3.30. The Balaban J connectivity index is 1.44. The van der Waals surface area contributed by atoms with Gasteiger partial charge in [-0.05, 0) is 37.1 Å². The van der Waals surface area contributed by atoms with Crippen LogP contribution in [0.4, 0.5) is 21.7 Å². The number of fused-ring (bicyclic) bond motifs is 1. The zero-order chi connectivity index (χ0) is 27.0. The van der Waals surface area contributed by atoms with Crippen molar-refractivity contribution in [2.75, 3.05) is 24.7 Å². The third-order valence-corrected chi connectivity index (χ3v) is 5.83. The van der Waals surface area contributed by atoms with Gasteiger partial charge in [-0.2, -0.15) is 9.61 Å². The molecule has 0 radical (unpaired) electrons. The fourth-order valence-corrected chi connectivity index (χ4v) is 3.84. The predicted molar refractivity (Wildman–Crippen MR) is 127 cm³/mol. The van der Waals surface area contributed by atoms with Gasteiger partial charge in [-0.1, -0.05) is 0 Å². The molecule has 1 amide bonds.